The number of halogens is 5. The van der Waals surface area contributed by atoms with Crippen molar-refractivity contribution in [1.29, 1.82) is 0 Å². The average Bonchev–Trinajstić information content (AvgIpc) is 2.96. The number of hydrogen-bond donors (Lipinski definition) is 2. The van der Waals surface area contributed by atoms with E-state index in [1.165, 1.54) is 18.5 Å². The minimum absolute atomic E-state index is 0.0687. The minimum Gasteiger partial charge on any atom is -0.475 e. The fourth-order valence-electron chi connectivity index (χ4n) is 1.20. The third-order valence-electron chi connectivity index (χ3n) is 2.22. The summed E-state index contributed by atoms with van der Waals surface area (Å²) in [6, 6.07) is 4.46. The highest BCUT2D eigenvalue weighted by atomic mass is 19.4. The second-order valence-corrected chi connectivity index (χ2v) is 3.96. The van der Waals surface area contributed by atoms with Crippen molar-refractivity contribution in [3.8, 4) is 0 Å². The fourth-order valence-corrected chi connectivity index (χ4v) is 1.20. The van der Waals surface area contributed by atoms with Gasteiger partial charge < -0.3 is 10.4 Å². The molecule has 0 unspecified atom stereocenters. The molecule has 130 valence electrons. The largest absolute Gasteiger partial charge is 0.490 e. The molecule has 0 atom stereocenters. The molecule has 1 amide bonds. The Labute approximate surface area is 130 Å². The number of anilines is 1. The van der Waals surface area contributed by atoms with E-state index in [0.717, 1.165) is 6.20 Å². The molecule has 0 spiro atoms. The molecule has 0 aliphatic rings. The summed E-state index contributed by atoms with van der Waals surface area (Å²) >= 11 is 0. The van der Waals surface area contributed by atoms with Gasteiger partial charge >= 0.3 is 18.7 Å². The van der Waals surface area contributed by atoms with Gasteiger partial charge in [-0.2, -0.15) is 27.1 Å². The number of rotatable bonds is 3. The van der Waals surface area contributed by atoms with E-state index in [1.54, 1.807) is 12.1 Å². The Morgan fingerprint density at radius 1 is 1.25 bits per heavy atom. The smallest absolute Gasteiger partial charge is 0.475 e. The zero-order valence-corrected chi connectivity index (χ0v) is 11.5. The lowest BCUT2D eigenvalue weighted by Crippen LogP contribution is -2.21. The zero-order chi connectivity index (χ0) is 18.3. The van der Waals surface area contributed by atoms with Crippen molar-refractivity contribution in [2.75, 3.05) is 5.32 Å². The van der Waals surface area contributed by atoms with Gasteiger partial charge in [-0.3, -0.25) is 9.78 Å². The van der Waals surface area contributed by atoms with Gasteiger partial charge in [0.15, 0.2) is 5.82 Å². The van der Waals surface area contributed by atoms with E-state index in [1.807, 2.05) is 0 Å². The molecule has 0 aliphatic heterocycles. The van der Waals surface area contributed by atoms with Crippen LogP contribution >= 0.6 is 0 Å². The molecule has 7 nitrogen and oxygen atoms in total. The number of hydrogen-bond acceptors (Lipinski definition) is 4. The predicted molar refractivity (Wildman–Crippen MR) is 69.4 cm³/mol. The maximum absolute atomic E-state index is 12.2. The van der Waals surface area contributed by atoms with Gasteiger partial charge in [-0.15, -0.1) is 0 Å². The molecule has 0 radical (unpaired) electrons. The van der Waals surface area contributed by atoms with E-state index < -0.39 is 24.6 Å². The SMILES string of the molecule is O=C(Nc1ccn(C(F)F)n1)c1cccnc1.O=C(O)C(F)(F)F. The molecule has 0 fully saturated rings. The molecule has 2 aromatic heterocycles. The maximum atomic E-state index is 12.2. The Balaban J connectivity index is 0.000000351. The summed E-state index contributed by atoms with van der Waals surface area (Å²) in [5.74, 6) is -3.13. The number of pyridine rings is 1. The monoisotopic (exact) mass is 352 g/mol. The third-order valence-corrected chi connectivity index (χ3v) is 2.22. The standard InChI is InChI=1S/C10H8F2N4O.C2HF3O2/c11-10(12)16-5-3-8(15-16)14-9(17)7-2-1-4-13-6-7;3-2(4,5)1(6)7/h1-6,10H,(H,14,15,17);(H,6,7). The number of carboxylic acids is 1. The van der Waals surface area contributed by atoms with E-state index in [0.29, 0.717) is 10.2 Å². The molecular weight excluding hydrogens is 343 g/mol. The van der Waals surface area contributed by atoms with Crippen molar-refractivity contribution in [2.45, 2.75) is 12.7 Å². The van der Waals surface area contributed by atoms with Crippen LogP contribution in [0.25, 0.3) is 0 Å². The van der Waals surface area contributed by atoms with E-state index in [4.69, 9.17) is 9.90 Å². The summed E-state index contributed by atoms with van der Waals surface area (Å²) in [6.45, 7) is -2.72. The summed E-state index contributed by atoms with van der Waals surface area (Å²) in [6.07, 6.45) is -1.09. The van der Waals surface area contributed by atoms with Crippen LogP contribution in [-0.2, 0) is 4.79 Å². The molecule has 0 saturated heterocycles. The lowest BCUT2D eigenvalue weighted by Gasteiger charge is -2.01. The molecule has 24 heavy (non-hydrogen) atoms. The lowest BCUT2D eigenvalue weighted by molar-refractivity contribution is -0.192. The average molecular weight is 352 g/mol. The number of aliphatic carboxylic acids is 1. The lowest BCUT2D eigenvalue weighted by atomic mass is 10.3. The summed E-state index contributed by atoms with van der Waals surface area (Å²) in [5.41, 5.74) is 0.332. The topological polar surface area (TPSA) is 97.1 Å². The van der Waals surface area contributed by atoms with Crippen LogP contribution < -0.4 is 5.32 Å². The molecule has 2 N–H and O–H groups in total. The molecular formula is C12H9F5N4O3. The van der Waals surface area contributed by atoms with Gasteiger partial charge in [0.2, 0.25) is 0 Å². The van der Waals surface area contributed by atoms with E-state index in [-0.39, 0.29) is 5.82 Å². The third kappa shape index (κ3) is 5.98. The van der Waals surface area contributed by atoms with Gasteiger partial charge in [-0.05, 0) is 12.1 Å². The van der Waals surface area contributed by atoms with Crippen molar-refractivity contribution in [2.24, 2.45) is 0 Å². The van der Waals surface area contributed by atoms with Gasteiger partial charge in [0.25, 0.3) is 5.91 Å². The van der Waals surface area contributed by atoms with Crippen molar-refractivity contribution >= 4 is 17.7 Å². The quantitative estimate of drug-likeness (QED) is 0.828. The predicted octanol–water partition coefficient (Wildman–Crippen LogP) is 2.56. The fraction of sp³-hybridized carbons (Fsp3) is 0.167. The number of nitrogens with one attached hydrogen (secondary N) is 1. The molecule has 12 heteroatoms. The maximum Gasteiger partial charge on any atom is 0.490 e. The zero-order valence-electron chi connectivity index (χ0n) is 11.5. The Morgan fingerprint density at radius 2 is 1.88 bits per heavy atom. The first-order valence-electron chi connectivity index (χ1n) is 5.96. The van der Waals surface area contributed by atoms with E-state index in [2.05, 4.69) is 15.4 Å². The first kappa shape index (κ1) is 19.0. The Bertz CT molecular complexity index is 688. The summed E-state index contributed by atoms with van der Waals surface area (Å²) < 4.78 is 56.6. The molecule has 2 aromatic rings. The van der Waals surface area contributed by atoms with Crippen LogP contribution in [0.15, 0.2) is 36.8 Å². The van der Waals surface area contributed by atoms with Crippen LogP contribution in [0.3, 0.4) is 0 Å². The first-order chi connectivity index (χ1) is 11.1. The van der Waals surface area contributed by atoms with Crippen LogP contribution in [0.4, 0.5) is 27.8 Å². The normalized spacial score (nSPS) is 10.8. The highest BCUT2D eigenvalue weighted by Gasteiger charge is 2.38. The Kier molecular flexibility index (Phi) is 6.32. The van der Waals surface area contributed by atoms with Crippen LogP contribution in [0.2, 0.25) is 0 Å². The Morgan fingerprint density at radius 3 is 2.29 bits per heavy atom. The number of aromatic nitrogens is 3. The number of nitrogens with zero attached hydrogens (tertiary/aromatic N) is 3. The van der Waals surface area contributed by atoms with Crippen molar-refractivity contribution in [1.82, 2.24) is 14.8 Å². The van der Waals surface area contributed by atoms with Crippen LogP contribution in [0.5, 0.6) is 0 Å². The second-order valence-electron chi connectivity index (χ2n) is 3.96. The van der Waals surface area contributed by atoms with Crippen LogP contribution in [0.1, 0.15) is 16.9 Å². The summed E-state index contributed by atoms with van der Waals surface area (Å²) in [4.78, 5) is 24.3. The van der Waals surface area contributed by atoms with Gasteiger partial charge in [0, 0.05) is 24.7 Å². The van der Waals surface area contributed by atoms with Gasteiger partial charge in [0.1, 0.15) is 0 Å². The number of alkyl halides is 5. The number of carbonyl (C=O) groups is 2. The Hall–Kier alpha value is -3.05. The molecule has 2 rings (SSSR count). The number of amides is 1. The summed E-state index contributed by atoms with van der Waals surface area (Å²) in [5, 5.41) is 13.0. The van der Waals surface area contributed by atoms with E-state index >= 15 is 0 Å². The molecule has 0 aromatic carbocycles. The highest BCUT2D eigenvalue weighted by molar-refractivity contribution is 6.03. The first-order valence-corrected chi connectivity index (χ1v) is 5.96. The van der Waals surface area contributed by atoms with Crippen LogP contribution in [-0.4, -0.2) is 37.9 Å². The highest BCUT2D eigenvalue weighted by Crippen LogP contribution is 2.13. The van der Waals surface area contributed by atoms with Crippen molar-refractivity contribution < 1.29 is 36.6 Å². The molecule has 0 bridgehead atoms. The van der Waals surface area contributed by atoms with Crippen molar-refractivity contribution in [3.63, 3.8) is 0 Å². The minimum atomic E-state index is -5.08. The van der Waals surface area contributed by atoms with Crippen molar-refractivity contribution in [3.05, 3.63) is 42.4 Å². The van der Waals surface area contributed by atoms with Gasteiger partial charge in [0.05, 0.1) is 5.56 Å². The molecule has 0 aliphatic carbocycles. The summed E-state index contributed by atoms with van der Waals surface area (Å²) in [7, 11) is 0. The number of carboxylic acid groups (broad SMARTS) is 1. The molecule has 0 saturated carbocycles. The van der Waals surface area contributed by atoms with Gasteiger partial charge in [-0.1, -0.05) is 0 Å². The van der Waals surface area contributed by atoms with E-state index in [9.17, 15) is 26.7 Å². The van der Waals surface area contributed by atoms with Gasteiger partial charge in [-0.25, -0.2) is 9.48 Å². The number of carbonyl (C=O) groups excluding carboxylic acids is 1. The van der Waals surface area contributed by atoms with Crippen LogP contribution in [0, 0.1) is 0 Å². The second kappa shape index (κ2) is 7.99. The molecule has 2 heterocycles.